The van der Waals surface area contributed by atoms with Gasteiger partial charge in [0.1, 0.15) is 9.71 Å². The summed E-state index contributed by atoms with van der Waals surface area (Å²) in [7, 11) is 0. The van der Waals surface area contributed by atoms with Gasteiger partial charge in [-0.3, -0.25) is 4.79 Å². The first kappa shape index (κ1) is 13.1. The molecule has 2 heterocycles. The Morgan fingerprint density at radius 3 is 3.00 bits per heavy atom. The average molecular weight is 301 g/mol. The number of nitrogen functional groups attached to an aromatic ring is 1. The normalized spacial score (nSPS) is 21.3. The Labute approximate surface area is 127 Å². The van der Waals surface area contributed by atoms with Crippen LogP contribution in [0.4, 0.5) is 5.69 Å². The summed E-state index contributed by atoms with van der Waals surface area (Å²) in [6.07, 6.45) is 5.47. The fourth-order valence-electron chi connectivity index (χ4n) is 3.02. The first-order valence-corrected chi connectivity index (χ1v) is 8.45. The Bertz CT molecular complexity index is 733. The fourth-order valence-corrected chi connectivity index (χ4v) is 4.02. The lowest BCUT2D eigenvalue weighted by atomic mass is 9.87. The van der Waals surface area contributed by atoms with Crippen LogP contribution in [-0.2, 0) is 12.8 Å². The number of thiophene rings is 1. The van der Waals surface area contributed by atoms with Crippen molar-refractivity contribution in [3.8, 4) is 0 Å². The smallest absolute Gasteiger partial charge is 0.263 e. The topological polar surface area (TPSA) is 68.0 Å². The Kier molecular flexibility index (Phi) is 2.92. The fraction of sp³-hybridized carbons (Fsp3) is 0.500. The molecule has 1 fully saturated rings. The molecule has 3 N–H and O–H groups in total. The molecule has 1 atom stereocenters. The van der Waals surface area contributed by atoms with E-state index in [-0.39, 0.29) is 5.91 Å². The summed E-state index contributed by atoms with van der Waals surface area (Å²) >= 11 is 1.43. The lowest BCUT2D eigenvalue weighted by Gasteiger charge is -2.20. The van der Waals surface area contributed by atoms with Crippen LogP contribution in [0.5, 0.6) is 0 Å². The van der Waals surface area contributed by atoms with Gasteiger partial charge in [-0.2, -0.15) is 0 Å². The van der Waals surface area contributed by atoms with E-state index in [4.69, 9.17) is 10.7 Å². The molecule has 2 aromatic heterocycles. The molecule has 0 aliphatic heterocycles. The number of aryl methyl sites for hydroxylation is 1. The van der Waals surface area contributed by atoms with Crippen molar-refractivity contribution in [2.24, 2.45) is 5.92 Å². The largest absolute Gasteiger partial charge is 0.397 e. The van der Waals surface area contributed by atoms with E-state index in [1.54, 1.807) is 0 Å². The number of nitrogens with zero attached hydrogens (tertiary/aromatic N) is 1. The Hall–Kier alpha value is -1.62. The van der Waals surface area contributed by atoms with Crippen molar-refractivity contribution in [2.75, 3.05) is 5.73 Å². The van der Waals surface area contributed by atoms with Crippen molar-refractivity contribution in [3.63, 3.8) is 0 Å². The monoisotopic (exact) mass is 301 g/mol. The van der Waals surface area contributed by atoms with E-state index >= 15 is 0 Å². The molecule has 1 unspecified atom stereocenters. The number of nitrogens with one attached hydrogen (secondary N) is 1. The van der Waals surface area contributed by atoms with Crippen LogP contribution in [0.3, 0.4) is 0 Å². The number of hydrogen-bond donors (Lipinski definition) is 2. The number of hydrogen-bond acceptors (Lipinski definition) is 4. The van der Waals surface area contributed by atoms with Crippen LogP contribution in [0.15, 0.2) is 6.07 Å². The summed E-state index contributed by atoms with van der Waals surface area (Å²) in [5, 5.41) is 3.96. The number of fused-ring (bicyclic) bond motifs is 2. The second-order valence-electron chi connectivity index (χ2n) is 6.39. The van der Waals surface area contributed by atoms with Crippen molar-refractivity contribution in [1.29, 1.82) is 0 Å². The lowest BCUT2D eigenvalue weighted by Crippen LogP contribution is -2.25. The third-order valence-electron chi connectivity index (χ3n) is 4.45. The third kappa shape index (κ3) is 2.29. The van der Waals surface area contributed by atoms with Crippen molar-refractivity contribution >= 4 is 33.1 Å². The van der Waals surface area contributed by atoms with E-state index in [0.717, 1.165) is 35.9 Å². The molecular weight excluding hydrogens is 282 g/mol. The molecule has 2 aromatic rings. The van der Waals surface area contributed by atoms with Gasteiger partial charge in [-0.25, -0.2) is 4.98 Å². The zero-order valence-corrected chi connectivity index (χ0v) is 12.9. The molecule has 2 aliphatic carbocycles. The van der Waals surface area contributed by atoms with E-state index in [1.807, 2.05) is 0 Å². The number of rotatable bonds is 2. The molecule has 1 saturated carbocycles. The van der Waals surface area contributed by atoms with Crippen LogP contribution < -0.4 is 11.1 Å². The second-order valence-corrected chi connectivity index (χ2v) is 7.39. The van der Waals surface area contributed by atoms with E-state index in [0.29, 0.717) is 22.5 Å². The number of carbonyl (C=O) groups excluding carboxylic acids is 1. The van der Waals surface area contributed by atoms with Gasteiger partial charge in [0.2, 0.25) is 0 Å². The van der Waals surface area contributed by atoms with Gasteiger partial charge < -0.3 is 11.1 Å². The maximum atomic E-state index is 12.3. The summed E-state index contributed by atoms with van der Waals surface area (Å²) in [6.45, 7) is 2.28. The highest BCUT2D eigenvalue weighted by Crippen LogP contribution is 2.36. The molecule has 5 heteroatoms. The zero-order chi connectivity index (χ0) is 14.6. The van der Waals surface area contributed by atoms with Crippen LogP contribution >= 0.6 is 11.3 Å². The van der Waals surface area contributed by atoms with Gasteiger partial charge in [-0.15, -0.1) is 11.3 Å². The number of pyridine rings is 1. The van der Waals surface area contributed by atoms with Crippen molar-refractivity contribution < 1.29 is 4.79 Å². The molecule has 4 nitrogen and oxygen atoms in total. The molecule has 2 aliphatic rings. The first-order chi connectivity index (χ1) is 10.1. The number of carbonyl (C=O) groups is 1. The molecule has 0 aromatic carbocycles. The Balaban J connectivity index is 1.76. The Morgan fingerprint density at radius 1 is 1.43 bits per heavy atom. The third-order valence-corrected chi connectivity index (χ3v) is 5.56. The molecular formula is C16H19N3OS. The second kappa shape index (κ2) is 4.70. The van der Waals surface area contributed by atoms with E-state index in [9.17, 15) is 4.79 Å². The predicted molar refractivity (Wildman–Crippen MR) is 85.7 cm³/mol. The minimum atomic E-state index is -0.0376. The highest BCUT2D eigenvalue weighted by atomic mass is 32.1. The summed E-state index contributed by atoms with van der Waals surface area (Å²) in [5.74, 6) is 0.665. The van der Waals surface area contributed by atoms with Crippen molar-refractivity contribution in [1.82, 2.24) is 10.3 Å². The van der Waals surface area contributed by atoms with Crippen molar-refractivity contribution in [3.05, 3.63) is 22.2 Å². The highest BCUT2D eigenvalue weighted by molar-refractivity contribution is 7.21. The molecule has 0 spiro atoms. The standard InChI is InChI=1S/C16H19N3OS/c1-8-2-5-12-9(6-8)7-11-13(17)14(21-16(11)19-12)15(20)18-10-3-4-10/h7-8,10H,2-6,17H2,1H3,(H,18,20). The SMILES string of the molecule is CC1CCc2nc3sc(C(=O)NC4CC4)c(N)c3cc2C1. The maximum absolute atomic E-state index is 12.3. The quantitative estimate of drug-likeness (QED) is 0.896. The van der Waals surface area contributed by atoms with E-state index < -0.39 is 0 Å². The lowest BCUT2D eigenvalue weighted by molar-refractivity contribution is 0.0956. The number of nitrogens with two attached hydrogens (primary N) is 1. The number of anilines is 1. The van der Waals surface area contributed by atoms with Crippen LogP contribution in [0.25, 0.3) is 10.2 Å². The molecule has 21 heavy (non-hydrogen) atoms. The minimum absolute atomic E-state index is 0.0376. The molecule has 110 valence electrons. The number of amides is 1. The summed E-state index contributed by atoms with van der Waals surface area (Å²) < 4.78 is 0. The van der Waals surface area contributed by atoms with Crippen molar-refractivity contribution in [2.45, 2.75) is 45.1 Å². The van der Waals surface area contributed by atoms with Gasteiger partial charge in [0.15, 0.2) is 0 Å². The van der Waals surface area contributed by atoms with Crippen LogP contribution in [0.2, 0.25) is 0 Å². The first-order valence-electron chi connectivity index (χ1n) is 7.63. The van der Waals surface area contributed by atoms with Crippen LogP contribution in [0, 0.1) is 5.92 Å². The van der Waals surface area contributed by atoms with E-state index in [2.05, 4.69) is 18.3 Å². The van der Waals surface area contributed by atoms with Gasteiger partial charge in [0, 0.05) is 17.1 Å². The van der Waals surface area contributed by atoms with Gasteiger partial charge in [0.25, 0.3) is 5.91 Å². The average Bonchev–Trinajstić information content (AvgIpc) is 3.21. The molecule has 0 saturated heterocycles. The Morgan fingerprint density at radius 2 is 2.24 bits per heavy atom. The minimum Gasteiger partial charge on any atom is -0.397 e. The van der Waals surface area contributed by atoms with Gasteiger partial charge in [0.05, 0.1) is 5.69 Å². The van der Waals surface area contributed by atoms with Crippen LogP contribution in [-0.4, -0.2) is 16.9 Å². The van der Waals surface area contributed by atoms with Gasteiger partial charge in [-0.1, -0.05) is 6.92 Å². The van der Waals surface area contributed by atoms with Gasteiger partial charge >= 0.3 is 0 Å². The molecule has 1 amide bonds. The molecule has 0 radical (unpaired) electrons. The van der Waals surface area contributed by atoms with Crippen LogP contribution in [0.1, 0.15) is 47.1 Å². The number of aromatic nitrogens is 1. The summed E-state index contributed by atoms with van der Waals surface area (Å²) in [4.78, 5) is 18.5. The predicted octanol–water partition coefficient (Wildman–Crippen LogP) is 2.90. The zero-order valence-electron chi connectivity index (χ0n) is 12.1. The summed E-state index contributed by atoms with van der Waals surface area (Å²) in [6, 6.07) is 2.51. The van der Waals surface area contributed by atoms with Gasteiger partial charge in [-0.05, 0) is 49.7 Å². The molecule has 4 rings (SSSR count). The van der Waals surface area contributed by atoms with E-state index in [1.165, 1.54) is 29.0 Å². The maximum Gasteiger partial charge on any atom is 0.263 e. The molecule has 0 bridgehead atoms. The highest BCUT2D eigenvalue weighted by Gasteiger charge is 2.27. The summed E-state index contributed by atoms with van der Waals surface area (Å²) in [5.41, 5.74) is 9.31.